The predicted octanol–water partition coefficient (Wildman–Crippen LogP) is 1.98. The summed E-state index contributed by atoms with van der Waals surface area (Å²) >= 11 is 0. The highest BCUT2D eigenvalue weighted by Crippen LogP contribution is 2.37. The summed E-state index contributed by atoms with van der Waals surface area (Å²) in [5.74, 6) is 2.51. The van der Waals surface area contributed by atoms with Gasteiger partial charge in [-0.2, -0.15) is 0 Å². The Balaban J connectivity index is 1.19. The molecule has 2 saturated heterocycles. The molecule has 6 nitrogen and oxygen atoms in total. The first-order chi connectivity index (χ1) is 13.2. The first-order valence-electron chi connectivity index (χ1n) is 10.2. The fourth-order valence-electron chi connectivity index (χ4n) is 4.68. The van der Waals surface area contributed by atoms with Crippen molar-refractivity contribution in [2.75, 3.05) is 46.0 Å². The smallest absolute Gasteiger partial charge is 0.256 e. The second-order valence-corrected chi connectivity index (χ2v) is 7.99. The Kier molecular flexibility index (Phi) is 5.95. The summed E-state index contributed by atoms with van der Waals surface area (Å²) in [6.45, 7) is 5.40. The minimum atomic E-state index is -0.868. The lowest BCUT2D eigenvalue weighted by molar-refractivity contribution is -0.0874. The standard InChI is InChI=1S/C21H30N2O4/c24-20-15-26-12-10-23(20)21(25)16-5-7-19(8-6-16)27-11-2-9-22-13-17-3-1-4-18(17)14-22/h5-8,17-18,20,24H,1-4,9-15H2. The predicted molar refractivity (Wildman–Crippen MR) is 102 cm³/mol. The van der Waals surface area contributed by atoms with Crippen LogP contribution in [0.4, 0.5) is 0 Å². The Morgan fingerprint density at radius 2 is 1.93 bits per heavy atom. The molecule has 3 fully saturated rings. The van der Waals surface area contributed by atoms with E-state index in [4.69, 9.17) is 9.47 Å². The van der Waals surface area contributed by atoms with Gasteiger partial charge in [0.1, 0.15) is 5.75 Å². The number of likely N-dealkylation sites (tertiary alicyclic amines) is 1. The number of amides is 1. The van der Waals surface area contributed by atoms with E-state index in [-0.39, 0.29) is 12.5 Å². The van der Waals surface area contributed by atoms with Crippen LogP contribution in [-0.2, 0) is 4.74 Å². The molecule has 2 aliphatic heterocycles. The van der Waals surface area contributed by atoms with E-state index in [0.717, 1.165) is 30.6 Å². The molecule has 2 heterocycles. The van der Waals surface area contributed by atoms with Crippen LogP contribution in [-0.4, -0.2) is 73.0 Å². The molecule has 0 bridgehead atoms. The van der Waals surface area contributed by atoms with Crippen LogP contribution >= 0.6 is 0 Å². The number of hydrogen-bond acceptors (Lipinski definition) is 5. The highest BCUT2D eigenvalue weighted by atomic mass is 16.5. The van der Waals surface area contributed by atoms with Gasteiger partial charge in [0.2, 0.25) is 0 Å². The molecule has 4 rings (SSSR count). The summed E-state index contributed by atoms with van der Waals surface area (Å²) in [6, 6.07) is 7.20. The molecular formula is C21H30N2O4. The molecule has 0 aromatic heterocycles. The summed E-state index contributed by atoms with van der Waals surface area (Å²) < 4.78 is 11.0. The van der Waals surface area contributed by atoms with Gasteiger partial charge in [-0.25, -0.2) is 0 Å². The molecule has 6 heteroatoms. The highest BCUT2D eigenvalue weighted by Gasteiger charge is 2.35. The van der Waals surface area contributed by atoms with Crippen LogP contribution in [0.2, 0.25) is 0 Å². The molecular weight excluding hydrogens is 344 g/mol. The van der Waals surface area contributed by atoms with E-state index in [9.17, 15) is 9.90 Å². The van der Waals surface area contributed by atoms with Crippen LogP contribution < -0.4 is 4.74 Å². The molecule has 0 radical (unpaired) electrons. The van der Waals surface area contributed by atoms with Crippen molar-refractivity contribution in [3.63, 3.8) is 0 Å². The topological polar surface area (TPSA) is 62.2 Å². The summed E-state index contributed by atoms with van der Waals surface area (Å²) in [7, 11) is 0. The number of carbonyl (C=O) groups is 1. The Morgan fingerprint density at radius 3 is 2.63 bits per heavy atom. The van der Waals surface area contributed by atoms with Crippen LogP contribution in [0.1, 0.15) is 36.0 Å². The summed E-state index contributed by atoms with van der Waals surface area (Å²) in [4.78, 5) is 16.5. The van der Waals surface area contributed by atoms with Gasteiger partial charge in [0.05, 0.1) is 19.8 Å². The molecule has 1 saturated carbocycles. The Hall–Kier alpha value is -1.63. The van der Waals surface area contributed by atoms with Gasteiger partial charge < -0.3 is 24.4 Å². The Labute approximate surface area is 161 Å². The van der Waals surface area contributed by atoms with E-state index in [0.29, 0.717) is 25.3 Å². The molecule has 0 spiro atoms. The normalized spacial score (nSPS) is 28.3. The lowest BCUT2D eigenvalue weighted by Gasteiger charge is -2.32. The van der Waals surface area contributed by atoms with Crippen molar-refractivity contribution < 1.29 is 19.4 Å². The molecule has 148 valence electrons. The zero-order chi connectivity index (χ0) is 18.6. The van der Waals surface area contributed by atoms with Gasteiger partial charge in [0.15, 0.2) is 6.23 Å². The van der Waals surface area contributed by atoms with Gasteiger partial charge in [-0.1, -0.05) is 6.42 Å². The third kappa shape index (κ3) is 4.45. The van der Waals surface area contributed by atoms with Crippen molar-refractivity contribution in [3.8, 4) is 5.75 Å². The maximum absolute atomic E-state index is 12.5. The summed E-state index contributed by atoms with van der Waals surface area (Å²) in [5.41, 5.74) is 0.562. The molecule has 1 aromatic rings. The van der Waals surface area contributed by atoms with E-state index in [2.05, 4.69) is 4.90 Å². The third-order valence-electron chi connectivity index (χ3n) is 6.15. The monoisotopic (exact) mass is 374 g/mol. The van der Waals surface area contributed by atoms with Gasteiger partial charge in [-0.15, -0.1) is 0 Å². The number of benzene rings is 1. The lowest BCUT2D eigenvalue weighted by Crippen LogP contribution is -2.48. The number of ether oxygens (including phenoxy) is 2. The number of aliphatic hydroxyl groups is 1. The van der Waals surface area contributed by atoms with E-state index in [1.807, 2.05) is 12.1 Å². The van der Waals surface area contributed by atoms with Gasteiger partial charge >= 0.3 is 0 Å². The van der Waals surface area contributed by atoms with Crippen molar-refractivity contribution in [3.05, 3.63) is 29.8 Å². The van der Waals surface area contributed by atoms with Crippen molar-refractivity contribution in [2.45, 2.75) is 31.9 Å². The second-order valence-electron chi connectivity index (χ2n) is 7.99. The number of carbonyl (C=O) groups excluding carboxylic acids is 1. The van der Waals surface area contributed by atoms with Gasteiger partial charge in [0.25, 0.3) is 5.91 Å². The zero-order valence-corrected chi connectivity index (χ0v) is 15.9. The van der Waals surface area contributed by atoms with Gasteiger partial charge in [-0.05, 0) is 55.4 Å². The minimum absolute atomic E-state index is 0.170. The molecule has 3 aliphatic rings. The van der Waals surface area contributed by atoms with E-state index in [1.165, 1.54) is 37.3 Å². The number of aliphatic hydroxyl groups excluding tert-OH is 1. The molecule has 1 aromatic carbocycles. The lowest BCUT2D eigenvalue weighted by atomic mass is 10.0. The van der Waals surface area contributed by atoms with Crippen molar-refractivity contribution >= 4 is 5.91 Å². The van der Waals surface area contributed by atoms with E-state index < -0.39 is 6.23 Å². The van der Waals surface area contributed by atoms with Gasteiger partial charge in [0, 0.05) is 31.7 Å². The second kappa shape index (κ2) is 8.59. The Morgan fingerprint density at radius 1 is 1.19 bits per heavy atom. The molecule has 3 unspecified atom stereocenters. The molecule has 3 atom stereocenters. The first-order valence-corrected chi connectivity index (χ1v) is 10.2. The fraction of sp³-hybridized carbons (Fsp3) is 0.667. The van der Waals surface area contributed by atoms with Crippen molar-refractivity contribution in [1.82, 2.24) is 9.80 Å². The van der Waals surface area contributed by atoms with E-state index in [1.54, 1.807) is 12.1 Å². The van der Waals surface area contributed by atoms with Crippen LogP contribution in [0.3, 0.4) is 0 Å². The zero-order valence-electron chi connectivity index (χ0n) is 15.9. The molecule has 27 heavy (non-hydrogen) atoms. The summed E-state index contributed by atoms with van der Waals surface area (Å²) in [5, 5.41) is 9.89. The maximum atomic E-state index is 12.5. The number of hydrogen-bond donors (Lipinski definition) is 1. The largest absolute Gasteiger partial charge is 0.494 e. The highest BCUT2D eigenvalue weighted by molar-refractivity contribution is 5.94. The molecule has 1 N–H and O–H groups in total. The summed E-state index contributed by atoms with van der Waals surface area (Å²) in [6.07, 6.45) is 4.43. The van der Waals surface area contributed by atoms with Crippen LogP contribution in [0.15, 0.2) is 24.3 Å². The fourth-order valence-corrected chi connectivity index (χ4v) is 4.68. The number of fused-ring (bicyclic) bond motifs is 1. The third-order valence-corrected chi connectivity index (χ3v) is 6.15. The van der Waals surface area contributed by atoms with E-state index >= 15 is 0 Å². The van der Waals surface area contributed by atoms with Crippen LogP contribution in [0.5, 0.6) is 5.75 Å². The van der Waals surface area contributed by atoms with Crippen LogP contribution in [0.25, 0.3) is 0 Å². The molecule has 1 amide bonds. The number of rotatable bonds is 6. The van der Waals surface area contributed by atoms with Crippen molar-refractivity contribution in [1.29, 1.82) is 0 Å². The van der Waals surface area contributed by atoms with Gasteiger partial charge in [-0.3, -0.25) is 4.79 Å². The SMILES string of the molecule is O=C(c1ccc(OCCCN2CC3CCCC3C2)cc1)N1CCOCC1O. The van der Waals surface area contributed by atoms with Crippen molar-refractivity contribution in [2.24, 2.45) is 11.8 Å². The maximum Gasteiger partial charge on any atom is 0.256 e. The minimum Gasteiger partial charge on any atom is -0.494 e. The average molecular weight is 374 g/mol. The first kappa shape index (κ1) is 18.7. The number of nitrogens with zero attached hydrogens (tertiary/aromatic N) is 2. The molecule has 1 aliphatic carbocycles. The number of morpholine rings is 1. The quantitative estimate of drug-likeness (QED) is 0.772. The van der Waals surface area contributed by atoms with Crippen LogP contribution in [0, 0.1) is 11.8 Å². The average Bonchev–Trinajstić information content (AvgIpc) is 3.27. The Bertz CT molecular complexity index is 624.